The number of carboxylic acids is 1. The van der Waals surface area contributed by atoms with Gasteiger partial charge in [0.2, 0.25) is 5.91 Å². The van der Waals surface area contributed by atoms with Gasteiger partial charge >= 0.3 is 5.97 Å². The molecule has 1 amide bonds. The number of nitrogens with one attached hydrogen (secondary N) is 1. The van der Waals surface area contributed by atoms with Crippen molar-refractivity contribution in [1.82, 2.24) is 5.32 Å². The molecule has 0 saturated heterocycles. The van der Waals surface area contributed by atoms with E-state index in [1.165, 1.54) is 5.56 Å². The van der Waals surface area contributed by atoms with Gasteiger partial charge < -0.3 is 15.2 Å². The summed E-state index contributed by atoms with van der Waals surface area (Å²) in [6.07, 6.45) is 2.14. The third kappa shape index (κ3) is 7.94. The van der Waals surface area contributed by atoms with Gasteiger partial charge in [-0.05, 0) is 18.4 Å². The van der Waals surface area contributed by atoms with Crippen molar-refractivity contribution in [2.24, 2.45) is 0 Å². The van der Waals surface area contributed by atoms with Gasteiger partial charge in [-0.2, -0.15) is 0 Å². The van der Waals surface area contributed by atoms with Crippen molar-refractivity contribution < 1.29 is 19.4 Å². The lowest BCUT2D eigenvalue weighted by Gasteiger charge is -2.05. The summed E-state index contributed by atoms with van der Waals surface area (Å²) in [5.41, 5.74) is 1.22. The maximum atomic E-state index is 11.4. The predicted octanol–water partition coefficient (Wildman–Crippen LogP) is 1.23. The number of aliphatic carboxylic acids is 1. The third-order valence-electron chi connectivity index (χ3n) is 2.51. The van der Waals surface area contributed by atoms with E-state index in [2.05, 4.69) is 5.32 Å². The topological polar surface area (TPSA) is 75.6 Å². The third-order valence-corrected chi connectivity index (χ3v) is 2.51. The van der Waals surface area contributed by atoms with Crippen LogP contribution in [0.15, 0.2) is 30.3 Å². The number of ether oxygens (including phenoxy) is 1. The fourth-order valence-electron chi connectivity index (χ4n) is 1.61. The van der Waals surface area contributed by atoms with E-state index in [4.69, 9.17) is 9.84 Å². The summed E-state index contributed by atoms with van der Waals surface area (Å²) >= 11 is 0. The number of hydrogen-bond donors (Lipinski definition) is 2. The molecule has 104 valence electrons. The predicted molar refractivity (Wildman–Crippen MR) is 70.8 cm³/mol. The molecule has 0 atom stereocenters. The van der Waals surface area contributed by atoms with Gasteiger partial charge in [0.05, 0.1) is 6.61 Å². The van der Waals surface area contributed by atoms with Crippen LogP contribution < -0.4 is 5.32 Å². The molecule has 0 bridgehead atoms. The molecule has 0 spiro atoms. The van der Waals surface area contributed by atoms with Crippen molar-refractivity contribution in [3.8, 4) is 0 Å². The first kappa shape index (κ1) is 15.2. The van der Waals surface area contributed by atoms with Crippen LogP contribution in [-0.4, -0.2) is 36.7 Å². The number of amides is 1. The molecule has 0 aliphatic carbocycles. The normalized spacial score (nSPS) is 10.1. The summed E-state index contributed by atoms with van der Waals surface area (Å²) in [6, 6.07) is 10.0. The van der Waals surface area contributed by atoms with E-state index >= 15 is 0 Å². The number of carbonyl (C=O) groups is 2. The SMILES string of the molecule is O=C(O)COCCNC(=O)CCCc1ccccc1. The van der Waals surface area contributed by atoms with Crippen molar-refractivity contribution in [1.29, 1.82) is 0 Å². The highest BCUT2D eigenvalue weighted by Gasteiger charge is 2.01. The summed E-state index contributed by atoms with van der Waals surface area (Å²) in [7, 11) is 0. The molecule has 0 unspecified atom stereocenters. The zero-order valence-corrected chi connectivity index (χ0v) is 10.8. The van der Waals surface area contributed by atoms with Crippen LogP contribution in [0.2, 0.25) is 0 Å². The van der Waals surface area contributed by atoms with E-state index in [9.17, 15) is 9.59 Å². The maximum absolute atomic E-state index is 11.4. The summed E-state index contributed by atoms with van der Waals surface area (Å²) in [5, 5.41) is 11.0. The Bertz CT molecular complexity index is 392. The fraction of sp³-hybridized carbons (Fsp3) is 0.429. The van der Waals surface area contributed by atoms with Crippen LogP contribution in [0.5, 0.6) is 0 Å². The second-order valence-corrected chi connectivity index (χ2v) is 4.14. The number of aryl methyl sites for hydroxylation is 1. The van der Waals surface area contributed by atoms with Crippen LogP contribution in [0.25, 0.3) is 0 Å². The Morgan fingerprint density at radius 1 is 1.21 bits per heavy atom. The van der Waals surface area contributed by atoms with Crippen LogP contribution in [0.1, 0.15) is 18.4 Å². The van der Waals surface area contributed by atoms with E-state index < -0.39 is 5.97 Å². The minimum absolute atomic E-state index is 0.0325. The molecule has 0 heterocycles. The quantitative estimate of drug-likeness (QED) is 0.658. The minimum Gasteiger partial charge on any atom is -0.480 e. The molecule has 0 saturated carbocycles. The van der Waals surface area contributed by atoms with Gasteiger partial charge in [0, 0.05) is 13.0 Å². The van der Waals surface area contributed by atoms with Crippen molar-refractivity contribution >= 4 is 11.9 Å². The van der Waals surface area contributed by atoms with Crippen LogP contribution in [0.3, 0.4) is 0 Å². The van der Waals surface area contributed by atoms with Crippen LogP contribution in [0, 0.1) is 0 Å². The monoisotopic (exact) mass is 265 g/mol. The molecule has 0 fully saturated rings. The molecule has 5 heteroatoms. The Morgan fingerprint density at radius 3 is 2.63 bits per heavy atom. The second-order valence-electron chi connectivity index (χ2n) is 4.14. The van der Waals surface area contributed by atoms with Crippen LogP contribution in [0.4, 0.5) is 0 Å². The highest BCUT2D eigenvalue weighted by atomic mass is 16.5. The standard InChI is InChI=1S/C14H19NO4/c16-13(15-9-10-19-11-14(17)18)8-4-7-12-5-2-1-3-6-12/h1-3,5-6H,4,7-11H2,(H,15,16)(H,17,18). The molecule has 2 N–H and O–H groups in total. The van der Waals surface area contributed by atoms with E-state index in [-0.39, 0.29) is 19.1 Å². The molecule has 0 aromatic heterocycles. The summed E-state index contributed by atoms with van der Waals surface area (Å²) < 4.78 is 4.81. The maximum Gasteiger partial charge on any atom is 0.329 e. The molecule has 5 nitrogen and oxygen atoms in total. The molecular weight excluding hydrogens is 246 g/mol. The largest absolute Gasteiger partial charge is 0.480 e. The van der Waals surface area contributed by atoms with E-state index in [1.807, 2.05) is 30.3 Å². The number of benzene rings is 1. The second kappa shape index (κ2) is 9.10. The molecule has 0 aliphatic heterocycles. The molecule has 1 aromatic rings. The van der Waals surface area contributed by atoms with Gasteiger partial charge in [-0.1, -0.05) is 30.3 Å². The molecular formula is C14H19NO4. The number of carbonyl (C=O) groups excluding carboxylic acids is 1. The van der Waals surface area contributed by atoms with Gasteiger partial charge in [-0.3, -0.25) is 4.79 Å². The van der Waals surface area contributed by atoms with Gasteiger partial charge in [-0.15, -0.1) is 0 Å². The van der Waals surface area contributed by atoms with Gasteiger partial charge in [0.15, 0.2) is 0 Å². The Kier molecular flexibility index (Phi) is 7.27. The van der Waals surface area contributed by atoms with E-state index in [0.29, 0.717) is 13.0 Å². The van der Waals surface area contributed by atoms with Crippen molar-refractivity contribution in [2.75, 3.05) is 19.8 Å². The summed E-state index contributed by atoms with van der Waals surface area (Å²) in [5.74, 6) is -1.04. The van der Waals surface area contributed by atoms with Crippen LogP contribution in [-0.2, 0) is 20.7 Å². The molecule has 19 heavy (non-hydrogen) atoms. The van der Waals surface area contributed by atoms with Gasteiger partial charge in [0.1, 0.15) is 6.61 Å². The average molecular weight is 265 g/mol. The van der Waals surface area contributed by atoms with Crippen molar-refractivity contribution in [3.63, 3.8) is 0 Å². The zero-order chi connectivity index (χ0) is 13.9. The Balaban J connectivity index is 2.01. The smallest absolute Gasteiger partial charge is 0.329 e. The molecule has 1 rings (SSSR count). The highest BCUT2D eigenvalue weighted by Crippen LogP contribution is 2.04. The lowest BCUT2D eigenvalue weighted by molar-refractivity contribution is -0.142. The Labute approximate surface area is 112 Å². The first-order valence-corrected chi connectivity index (χ1v) is 6.28. The highest BCUT2D eigenvalue weighted by molar-refractivity contribution is 5.75. The first-order chi connectivity index (χ1) is 9.18. The Morgan fingerprint density at radius 2 is 1.95 bits per heavy atom. The van der Waals surface area contributed by atoms with E-state index in [1.54, 1.807) is 0 Å². The Hall–Kier alpha value is -1.88. The number of rotatable bonds is 9. The average Bonchev–Trinajstić information content (AvgIpc) is 2.39. The first-order valence-electron chi connectivity index (χ1n) is 6.28. The zero-order valence-electron chi connectivity index (χ0n) is 10.8. The summed E-state index contributed by atoms with van der Waals surface area (Å²) in [4.78, 5) is 21.6. The van der Waals surface area contributed by atoms with Crippen molar-refractivity contribution in [2.45, 2.75) is 19.3 Å². The molecule has 0 radical (unpaired) electrons. The fourth-order valence-corrected chi connectivity index (χ4v) is 1.61. The van der Waals surface area contributed by atoms with Crippen molar-refractivity contribution in [3.05, 3.63) is 35.9 Å². The number of hydrogen-bond acceptors (Lipinski definition) is 3. The molecule has 0 aliphatic rings. The van der Waals surface area contributed by atoms with Gasteiger partial charge in [0.25, 0.3) is 0 Å². The minimum atomic E-state index is -1.01. The van der Waals surface area contributed by atoms with E-state index in [0.717, 1.165) is 12.8 Å². The van der Waals surface area contributed by atoms with Crippen LogP contribution >= 0.6 is 0 Å². The summed E-state index contributed by atoms with van der Waals surface area (Å²) in [6.45, 7) is 0.234. The molecule has 1 aromatic carbocycles. The lowest BCUT2D eigenvalue weighted by Crippen LogP contribution is -2.27. The van der Waals surface area contributed by atoms with Gasteiger partial charge in [-0.25, -0.2) is 4.79 Å². The number of carboxylic acid groups (broad SMARTS) is 1. The lowest BCUT2D eigenvalue weighted by atomic mass is 10.1.